The third-order valence-electron chi connectivity index (χ3n) is 3.94. The minimum atomic E-state index is -0.543. The summed E-state index contributed by atoms with van der Waals surface area (Å²) >= 11 is 0. The van der Waals surface area contributed by atoms with E-state index in [2.05, 4.69) is 6.07 Å². The van der Waals surface area contributed by atoms with E-state index in [1.54, 1.807) is 18.2 Å². The summed E-state index contributed by atoms with van der Waals surface area (Å²) in [4.78, 5) is 14.5. The smallest absolute Gasteiger partial charge is 0.328 e. The molecule has 0 N–H and O–H groups in total. The van der Waals surface area contributed by atoms with Gasteiger partial charge in [-0.3, -0.25) is 0 Å². The number of nitriles is 2. The van der Waals surface area contributed by atoms with Crippen molar-refractivity contribution >= 4 is 11.7 Å². The zero-order valence-electron chi connectivity index (χ0n) is 14.7. The van der Waals surface area contributed by atoms with Crippen LogP contribution in [0.1, 0.15) is 51.7 Å². The quantitative estimate of drug-likeness (QED) is 0.776. The molecule has 1 aromatic carbocycles. The van der Waals surface area contributed by atoms with E-state index in [1.165, 1.54) is 0 Å². The van der Waals surface area contributed by atoms with Gasteiger partial charge in [-0.15, -0.1) is 0 Å². The second-order valence-corrected chi connectivity index (χ2v) is 7.26. The summed E-state index contributed by atoms with van der Waals surface area (Å²) in [5.41, 5.74) is 0.902. The van der Waals surface area contributed by atoms with E-state index >= 15 is 0 Å². The molecule has 0 radical (unpaired) electrons. The third-order valence-corrected chi connectivity index (χ3v) is 3.94. The van der Waals surface area contributed by atoms with E-state index < -0.39 is 11.6 Å². The van der Waals surface area contributed by atoms with Crippen LogP contribution in [0.2, 0.25) is 0 Å². The summed E-state index contributed by atoms with van der Waals surface area (Å²) < 4.78 is 5.51. The van der Waals surface area contributed by atoms with Crippen LogP contribution in [0.5, 0.6) is 0 Å². The molecule has 24 heavy (non-hydrogen) atoms. The van der Waals surface area contributed by atoms with Gasteiger partial charge in [-0.2, -0.15) is 10.5 Å². The van der Waals surface area contributed by atoms with E-state index in [4.69, 9.17) is 10.00 Å². The summed E-state index contributed by atoms with van der Waals surface area (Å²) in [7, 11) is 0. The molecule has 0 bridgehead atoms. The lowest BCUT2D eigenvalue weighted by Crippen LogP contribution is -2.43. The van der Waals surface area contributed by atoms with Crippen molar-refractivity contribution in [3.63, 3.8) is 0 Å². The number of rotatable bonds is 5. The molecule has 0 spiro atoms. The van der Waals surface area contributed by atoms with E-state index in [9.17, 15) is 10.1 Å². The van der Waals surface area contributed by atoms with Crippen molar-refractivity contribution in [2.75, 3.05) is 11.4 Å². The number of hydrogen-bond donors (Lipinski definition) is 0. The van der Waals surface area contributed by atoms with Gasteiger partial charge in [-0.1, -0.05) is 0 Å². The molecule has 0 aliphatic heterocycles. The van der Waals surface area contributed by atoms with E-state index in [0.717, 1.165) is 25.1 Å². The Labute approximate surface area is 143 Å². The van der Waals surface area contributed by atoms with Crippen molar-refractivity contribution in [1.82, 2.24) is 0 Å². The fourth-order valence-corrected chi connectivity index (χ4v) is 2.48. The van der Waals surface area contributed by atoms with Crippen LogP contribution < -0.4 is 4.90 Å². The average molecular weight is 325 g/mol. The van der Waals surface area contributed by atoms with Crippen LogP contribution in [0.4, 0.5) is 5.69 Å². The highest BCUT2D eigenvalue weighted by Gasteiger charge is 2.32. The molecule has 0 saturated heterocycles. The Balaban J connectivity index is 2.30. The van der Waals surface area contributed by atoms with Gasteiger partial charge >= 0.3 is 5.97 Å². The normalized spacial score (nSPS) is 15.1. The molecule has 0 heterocycles. The molecule has 126 valence electrons. The maximum absolute atomic E-state index is 12.5. The molecule has 0 aromatic heterocycles. The molecule has 0 unspecified atom stereocenters. The highest BCUT2D eigenvalue weighted by atomic mass is 16.6. The maximum atomic E-state index is 12.5. The SMILES string of the molecule is C[C@@H](C(=O)OC(C)(C)C)N(CC1CC1)c1ccc(C#N)c(C#N)c1. The molecule has 1 fully saturated rings. The Morgan fingerprint density at radius 3 is 2.42 bits per heavy atom. The largest absolute Gasteiger partial charge is 0.458 e. The number of hydrogen-bond acceptors (Lipinski definition) is 5. The molecule has 1 saturated carbocycles. The number of esters is 1. The van der Waals surface area contributed by atoms with Crippen molar-refractivity contribution in [3.05, 3.63) is 29.3 Å². The number of anilines is 1. The lowest BCUT2D eigenvalue weighted by molar-refractivity contribution is -0.156. The van der Waals surface area contributed by atoms with E-state index in [1.807, 2.05) is 38.7 Å². The van der Waals surface area contributed by atoms with Gasteiger partial charge in [0.25, 0.3) is 0 Å². The fraction of sp³-hybridized carbons (Fsp3) is 0.526. The minimum Gasteiger partial charge on any atom is -0.458 e. The predicted octanol–water partition coefficient (Wildman–Crippen LogP) is 3.38. The van der Waals surface area contributed by atoms with Gasteiger partial charge in [0.05, 0.1) is 11.1 Å². The molecule has 0 amide bonds. The van der Waals surface area contributed by atoms with Gasteiger partial charge in [-0.25, -0.2) is 4.79 Å². The molecule has 5 heteroatoms. The lowest BCUT2D eigenvalue weighted by Gasteiger charge is -2.32. The van der Waals surface area contributed by atoms with Crippen LogP contribution in [0, 0.1) is 28.6 Å². The Morgan fingerprint density at radius 1 is 1.29 bits per heavy atom. The average Bonchev–Trinajstić information content (AvgIpc) is 3.33. The van der Waals surface area contributed by atoms with Gasteiger partial charge in [-0.05, 0) is 64.7 Å². The number of nitrogens with zero attached hydrogens (tertiary/aromatic N) is 3. The number of carbonyl (C=O) groups excluding carboxylic acids is 1. The molecule has 5 nitrogen and oxygen atoms in total. The highest BCUT2D eigenvalue weighted by Crippen LogP contribution is 2.33. The molecule has 2 rings (SSSR count). The summed E-state index contributed by atoms with van der Waals surface area (Å²) in [5, 5.41) is 18.3. The van der Waals surface area contributed by atoms with Crippen LogP contribution in [0.25, 0.3) is 0 Å². The van der Waals surface area contributed by atoms with Crippen molar-refractivity contribution in [1.29, 1.82) is 10.5 Å². The minimum absolute atomic E-state index is 0.286. The Hall–Kier alpha value is -2.53. The summed E-state index contributed by atoms with van der Waals surface area (Å²) in [6, 6.07) is 8.72. The number of ether oxygens (including phenoxy) is 1. The lowest BCUT2D eigenvalue weighted by atomic mass is 10.1. The molecule has 1 aromatic rings. The van der Waals surface area contributed by atoms with Gasteiger partial charge in [0, 0.05) is 12.2 Å². The molecular formula is C19H23N3O2. The summed E-state index contributed by atoms with van der Waals surface area (Å²) in [6.45, 7) is 8.10. The molecule has 1 atom stereocenters. The Morgan fingerprint density at radius 2 is 1.92 bits per heavy atom. The Kier molecular flexibility index (Phi) is 5.14. The molecular weight excluding hydrogens is 302 g/mol. The predicted molar refractivity (Wildman–Crippen MR) is 91.2 cm³/mol. The van der Waals surface area contributed by atoms with Gasteiger partial charge < -0.3 is 9.64 Å². The first-order valence-corrected chi connectivity index (χ1v) is 8.19. The van der Waals surface area contributed by atoms with Crippen molar-refractivity contribution in [2.45, 2.75) is 52.2 Å². The van der Waals surface area contributed by atoms with Crippen molar-refractivity contribution in [2.24, 2.45) is 5.92 Å². The molecule has 1 aliphatic carbocycles. The fourth-order valence-electron chi connectivity index (χ4n) is 2.48. The van der Waals surface area contributed by atoms with Crippen LogP contribution in [-0.2, 0) is 9.53 Å². The summed E-state index contributed by atoms with van der Waals surface area (Å²) in [6.07, 6.45) is 2.30. The van der Waals surface area contributed by atoms with Crippen molar-refractivity contribution in [3.8, 4) is 12.1 Å². The first-order chi connectivity index (χ1) is 11.2. The summed E-state index contributed by atoms with van der Waals surface area (Å²) in [5.74, 6) is 0.280. The van der Waals surface area contributed by atoms with Crippen LogP contribution >= 0.6 is 0 Å². The van der Waals surface area contributed by atoms with Gasteiger partial charge in [0.15, 0.2) is 0 Å². The van der Waals surface area contributed by atoms with Gasteiger partial charge in [0.2, 0.25) is 0 Å². The van der Waals surface area contributed by atoms with Crippen LogP contribution in [0.15, 0.2) is 18.2 Å². The zero-order valence-corrected chi connectivity index (χ0v) is 14.7. The van der Waals surface area contributed by atoms with Crippen LogP contribution in [0.3, 0.4) is 0 Å². The highest BCUT2D eigenvalue weighted by molar-refractivity contribution is 5.80. The van der Waals surface area contributed by atoms with Gasteiger partial charge in [0.1, 0.15) is 23.8 Å². The zero-order chi connectivity index (χ0) is 17.9. The van der Waals surface area contributed by atoms with Crippen molar-refractivity contribution < 1.29 is 9.53 Å². The van der Waals surface area contributed by atoms with E-state index in [0.29, 0.717) is 17.0 Å². The molecule has 1 aliphatic rings. The maximum Gasteiger partial charge on any atom is 0.328 e. The number of carbonyl (C=O) groups is 1. The standard InChI is InChI=1S/C19H23N3O2/c1-13(18(23)24-19(2,3)4)22(12-14-5-6-14)17-8-7-15(10-20)16(9-17)11-21/h7-9,13-14H,5-6,12H2,1-4H3/t13-/m0/s1. The Bertz CT molecular complexity index is 703. The second-order valence-electron chi connectivity index (χ2n) is 7.26. The number of benzene rings is 1. The third kappa shape index (κ3) is 4.49. The van der Waals surface area contributed by atoms with Crippen LogP contribution in [-0.4, -0.2) is 24.2 Å². The second kappa shape index (κ2) is 6.93. The first kappa shape index (κ1) is 17.8. The monoisotopic (exact) mass is 325 g/mol. The van der Waals surface area contributed by atoms with E-state index in [-0.39, 0.29) is 5.97 Å². The first-order valence-electron chi connectivity index (χ1n) is 8.19. The topological polar surface area (TPSA) is 77.1 Å².